The van der Waals surface area contributed by atoms with Gasteiger partial charge in [0.2, 0.25) is 0 Å². The molecular formula is C23H26N2. The maximum Gasteiger partial charge on any atom is 0.0952 e. The Balaban J connectivity index is 2.26. The summed E-state index contributed by atoms with van der Waals surface area (Å²) in [5, 5.41) is 5.15. The lowest BCUT2D eigenvalue weighted by atomic mass is 9.82. The number of H-pyrrole nitrogens is 1. The molecule has 4 aromatic rings. The molecule has 0 saturated carbocycles. The average Bonchev–Trinajstić information content (AvgIpc) is 2.99. The van der Waals surface area contributed by atoms with Crippen LogP contribution in [0.2, 0.25) is 0 Å². The van der Waals surface area contributed by atoms with E-state index in [2.05, 4.69) is 83.1 Å². The highest BCUT2D eigenvalue weighted by Crippen LogP contribution is 2.40. The lowest BCUT2D eigenvalue weighted by Crippen LogP contribution is -2.11. The van der Waals surface area contributed by atoms with Gasteiger partial charge in [-0.1, -0.05) is 59.7 Å². The third-order valence-corrected chi connectivity index (χ3v) is 5.17. The van der Waals surface area contributed by atoms with E-state index in [0.29, 0.717) is 0 Å². The van der Waals surface area contributed by atoms with Gasteiger partial charge in [0.05, 0.1) is 11.0 Å². The Labute approximate surface area is 149 Å². The van der Waals surface area contributed by atoms with Crippen molar-refractivity contribution in [1.29, 1.82) is 0 Å². The molecule has 2 heterocycles. The predicted octanol–water partition coefficient (Wildman–Crippen LogP) is 6.46. The summed E-state index contributed by atoms with van der Waals surface area (Å²) in [4.78, 5) is 8.25. The van der Waals surface area contributed by atoms with Gasteiger partial charge in [0, 0.05) is 23.2 Å². The van der Waals surface area contributed by atoms with Crippen molar-refractivity contribution >= 4 is 32.6 Å². The zero-order valence-electron chi connectivity index (χ0n) is 16.0. The van der Waals surface area contributed by atoms with Crippen molar-refractivity contribution < 1.29 is 0 Å². The van der Waals surface area contributed by atoms with E-state index in [1.54, 1.807) is 0 Å². The van der Waals surface area contributed by atoms with Gasteiger partial charge in [0.1, 0.15) is 0 Å². The summed E-state index contributed by atoms with van der Waals surface area (Å²) in [5.41, 5.74) is 5.08. The van der Waals surface area contributed by atoms with Gasteiger partial charge < -0.3 is 4.98 Å². The van der Waals surface area contributed by atoms with Crippen LogP contribution in [0.15, 0.2) is 42.7 Å². The molecule has 0 unspecified atom stereocenters. The molecular weight excluding hydrogens is 304 g/mol. The Bertz CT molecular complexity index is 1100. The normalized spacial score (nSPS) is 13.2. The zero-order valence-corrected chi connectivity index (χ0v) is 16.0. The molecule has 0 radical (unpaired) electrons. The maximum absolute atomic E-state index is 4.80. The number of aromatic nitrogens is 2. The van der Waals surface area contributed by atoms with Crippen molar-refractivity contribution in [1.82, 2.24) is 9.97 Å². The first-order valence-corrected chi connectivity index (χ1v) is 9.00. The number of nitrogens with one attached hydrogen (secondary N) is 1. The second-order valence-corrected chi connectivity index (χ2v) is 9.11. The van der Waals surface area contributed by atoms with Gasteiger partial charge in [-0.25, -0.2) is 0 Å². The van der Waals surface area contributed by atoms with Gasteiger partial charge in [-0.2, -0.15) is 0 Å². The molecule has 0 atom stereocenters. The largest absolute Gasteiger partial charge is 0.359 e. The Kier molecular flexibility index (Phi) is 3.28. The number of nitrogens with zero attached hydrogens (tertiary/aromatic N) is 1. The minimum atomic E-state index is 0.0623. The van der Waals surface area contributed by atoms with Crippen molar-refractivity contribution in [2.24, 2.45) is 0 Å². The first kappa shape index (κ1) is 16.1. The van der Waals surface area contributed by atoms with Crippen molar-refractivity contribution in [3.63, 3.8) is 0 Å². The fourth-order valence-electron chi connectivity index (χ4n) is 3.73. The second-order valence-electron chi connectivity index (χ2n) is 9.11. The van der Waals surface area contributed by atoms with E-state index >= 15 is 0 Å². The first-order chi connectivity index (χ1) is 11.7. The molecule has 0 fully saturated rings. The highest BCUT2D eigenvalue weighted by molar-refractivity contribution is 6.24. The van der Waals surface area contributed by atoms with E-state index < -0.39 is 0 Å². The minimum absolute atomic E-state index is 0.0623. The van der Waals surface area contributed by atoms with E-state index in [9.17, 15) is 0 Å². The fourth-order valence-corrected chi connectivity index (χ4v) is 3.73. The van der Waals surface area contributed by atoms with Crippen molar-refractivity contribution in [2.45, 2.75) is 52.4 Å². The van der Waals surface area contributed by atoms with Gasteiger partial charge in [0.25, 0.3) is 0 Å². The Morgan fingerprint density at radius 3 is 2.28 bits per heavy atom. The van der Waals surface area contributed by atoms with Gasteiger partial charge in [-0.05, 0) is 44.9 Å². The van der Waals surface area contributed by atoms with E-state index in [1.807, 2.05) is 6.20 Å². The third-order valence-electron chi connectivity index (χ3n) is 5.17. The van der Waals surface area contributed by atoms with Gasteiger partial charge >= 0.3 is 0 Å². The van der Waals surface area contributed by atoms with Crippen molar-refractivity contribution in [3.8, 4) is 0 Å². The number of pyridine rings is 1. The molecule has 2 aromatic carbocycles. The molecule has 128 valence electrons. The van der Waals surface area contributed by atoms with Crippen LogP contribution in [-0.2, 0) is 10.8 Å². The number of hydrogen-bond acceptors (Lipinski definition) is 1. The standard InChI is InChI=1S/C23H26N2/c1-22(2,3)14-9-10-15-17(12-14)16-8-7-11-24-20(16)21-19(15)18(13-25-21)23(4,5)6/h7-13,24H,1-6H3. The monoisotopic (exact) mass is 330 g/mol. The van der Waals surface area contributed by atoms with Crippen molar-refractivity contribution in [2.75, 3.05) is 0 Å². The summed E-state index contributed by atoms with van der Waals surface area (Å²) in [6, 6.07) is 11.2. The van der Waals surface area contributed by atoms with Gasteiger partial charge in [-0.15, -0.1) is 0 Å². The molecule has 2 heteroatoms. The van der Waals surface area contributed by atoms with Crippen LogP contribution in [0, 0.1) is 0 Å². The molecule has 0 aliphatic rings. The van der Waals surface area contributed by atoms with E-state index in [4.69, 9.17) is 4.98 Å². The Morgan fingerprint density at radius 1 is 0.840 bits per heavy atom. The van der Waals surface area contributed by atoms with Crippen LogP contribution in [0.5, 0.6) is 0 Å². The molecule has 0 saturated heterocycles. The molecule has 0 amide bonds. The van der Waals surface area contributed by atoms with E-state index in [-0.39, 0.29) is 10.8 Å². The summed E-state index contributed by atoms with van der Waals surface area (Å²) in [6.45, 7) is 13.6. The topological polar surface area (TPSA) is 28.7 Å². The molecule has 1 N–H and O–H groups in total. The van der Waals surface area contributed by atoms with Gasteiger partial charge in [-0.3, -0.25) is 4.98 Å². The molecule has 0 aliphatic carbocycles. The highest BCUT2D eigenvalue weighted by atomic mass is 14.7. The molecule has 2 aromatic heterocycles. The minimum Gasteiger partial charge on any atom is -0.359 e. The molecule has 2 nitrogen and oxygen atoms in total. The van der Waals surface area contributed by atoms with E-state index in [1.165, 1.54) is 32.7 Å². The number of benzene rings is 2. The van der Waals surface area contributed by atoms with Crippen LogP contribution in [-0.4, -0.2) is 9.97 Å². The summed E-state index contributed by atoms with van der Waals surface area (Å²) in [7, 11) is 0. The Morgan fingerprint density at radius 2 is 1.60 bits per heavy atom. The molecule has 0 bridgehead atoms. The smallest absolute Gasteiger partial charge is 0.0952 e. The molecule has 0 spiro atoms. The van der Waals surface area contributed by atoms with Crippen LogP contribution >= 0.6 is 0 Å². The quantitative estimate of drug-likeness (QED) is 0.368. The first-order valence-electron chi connectivity index (χ1n) is 9.00. The van der Waals surface area contributed by atoms with Crippen LogP contribution in [0.3, 0.4) is 0 Å². The van der Waals surface area contributed by atoms with Crippen LogP contribution in [0.1, 0.15) is 52.7 Å². The number of rotatable bonds is 0. The molecule has 4 rings (SSSR count). The average molecular weight is 330 g/mol. The van der Waals surface area contributed by atoms with Gasteiger partial charge in [0.15, 0.2) is 0 Å². The second kappa shape index (κ2) is 5.08. The van der Waals surface area contributed by atoms with Crippen LogP contribution < -0.4 is 0 Å². The summed E-state index contributed by atoms with van der Waals surface area (Å²) < 4.78 is 0. The number of hydrogen-bond donors (Lipinski definition) is 1. The number of fused-ring (bicyclic) bond motifs is 6. The molecule has 0 aliphatic heterocycles. The number of aromatic amines is 1. The van der Waals surface area contributed by atoms with Crippen molar-refractivity contribution in [3.05, 3.63) is 53.9 Å². The third kappa shape index (κ3) is 2.43. The maximum atomic E-state index is 4.80. The van der Waals surface area contributed by atoms with Crippen LogP contribution in [0.25, 0.3) is 32.6 Å². The highest BCUT2D eigenvalue weighted by Gasteiger charge is 2.23. The lowest BCUT2D eigenvalue weighted by molar-refractivity contribution is 0.591. The summed E-state index contributed by atoms with van der Waals surface area (Å²) in [5.74, 6) is 0. The lowest BCUT2D eigenvalue weighted by Gasteiger charge is -2.22. The Hall–Kier alpha value is -2.35. The summed E-state index contributed by atoms with van der Waals surface area (Å²) in [6.07, 6.45) is 4.05. The SMILES string of the molecule is CC(C)(C)c1ccc2c(c1)c1ccc[nH]c1c1ncc(C(C)(C)C)c21. The van der Waals surface area contributed by atoms with Crippen LogP contribution in [0.4, 0.5) is 0 Å². The summed E-state index contributed by atoms with van der Waals surface area (Å²) >= 11 is 0. The molecule has 25 heavy (non-hydrogen) atoms. The zero-order chi connectivity index (χ0) is 18.0. The predicted molar refractivity (Wildman–Crippen MR) is 109 cm³/mol. The van der Waals surface area contributed by atoms with E-state index in [0.717, 1.165) is 11.0 Å². The fraction of sp³-hybridized carbons (Fsp3) is 0.348.